The molecule has 0 N–H and O–H groups in total. The summed E-state index contributed by atoms with van der Waals surface area (Å²) in [6.45, 7) is 2.46. The van der Waals surface area contributed by atoms with E-state index in [1.165, 1.54) is 17.3 Å². The fraction of sp³-hybridized carbons (Fsp3) is 0.160. The van der Waals surface area contributed by atoms with Crippen molar-refractivity contribution in [2.24, 2.45) is 0 Å². The number of aryl methyl sites for hydroxylation is 1. The number of nitriles is 1. The molecule has 4 nitrogen and oxygen atoms in total. The fourth-order valence-corrected chi connectivity index (χ4v) is 4.33. The molecular formula is C25H21N3OS. The van der Waals surface area contributed by atoms with Crippen LogP contribution in [0.3, 0.4) is 0 Å². The molecule has 0 saturated heterocycles. The molecule has 5 heteroatoms. The Hall–Kier alpha value is -3.36. The molecule has 0 unspecified atom stereocenters. The second-order valence-electron chi connectivity index (χ2n) is 7.21. The lowest BCUT2D eigenvalue weighted by molar-refractivity contribution is 0.657. The number of aromatic nitrogens is 2. The minimum absolute atomic E-state index is 0.0843. The third kappa shape index (κ3) is 4.45. The topological polar surface area (TPSA) is 58.7 Å². The molecule has 4 rings (SSSR count). The average Bonchev–Trinajstić information content (AvgIpc) is 2.78. The maximum atomic E-state index is 13.2. The van der Waals surface area contributed by atoms with E-state index in [4.69, 9.17) is 4.98 Å². The summed E-state index contributed by atoms with van der Waals surface area (Å²) in [4.78, 5) is 18.0. The molecule has 4 aromatic rings. The van der Waals surface area contributed by atoms with Gasteiger partial charge in [0, 0.05) is 0 Å². The van der Waals surface area contributed by atoms with Crippen LogP contribution in [0.1, 0.15) is 16.7 Å². The molecule has 0 saturated carbocycles. The number of hydrogen-bond donors (Lipinski definition) is 0. The van der Waals surface area contributed by atoms with Gasteiger partial charge in [0.25, 0.3) is 5.56 Å². The molecule has 0 fully saturated rings. The van der Waals surface area contributed by atoms with Gasteiger partial charge < -0.3 is 0 Å². The number of rotatable bonds is 6. The molecule has 1 aromatic heterocycles. The monoisotopic (exact) mass is 411 g/mol. The van der Waals surface area contributed by atoms with Gasteiger partial charge in [0.05, 0.1) is 23.5 Å². The summed E-state index contributed by atoms with van der Waals surface area (Å²) < 4.78 is 1.68. The Labute approximate surface area is 179 Å². The normalized spacial score (nSPS) is 11.9. The second kappa shape index (κ2) is 8.98. The summed E-state index contributed by atoms with van der Waals surface area (Å²) in [5.41, 5.74) is 3.87. The van der Waals surface area contributed by atoms with E-state index in [-0.39, 0.29) is 10.8 Å². The highest BCUT2D eigenvalue weighted by Crippen LogP contribution is 2.25. The third-order valence-electron chi connectivity index (χ3n) is 4.94. The van der Waals surface area contributed by atoms with Crippen molar-refractivity contribution in [3.05, 3.63) is 106 Å². The van der Waals surface area contributed by atoms with Crippen molar-refractivity contribution in [2.75, 3.05) is 0 Å². The Balaban J connectivity index is 1.72. The van der Waals surface area contributed by atoms with E-state index in [0.29, 0.717) is 29.0 Å². The zero-order chi connectivity index (χ0) is 20.9. The summed E-state index contributed by atoms with van der Waals surface area (Å²) in [7, 11) is 0. The van der Waals surface area contributed by atoms with Crippen LogP contribution in [0.25, 0.3) is 10.9 Å². The van der Waals surface area contributed by atoms with E-state index in [0.717, 1.165) is 11.1 Å². The van der Waals surface area contributed by atoms with Gasteiger partial charge in [-0.15, -0.1) is 0 Å². The molecule has 30 heavy (non-hydrogen) atoms. The quantitative estimate of drug-likeness (QED) is 0.332. The molecule has 0 aliphatic heterocycles. The summed E-state index contributed by atoms with van der Waals surface area (Å²) in [6, 6.07) is 27.8. The zero-order valence-corrected chi connectivity index (χ0v) is 17.5. The lowest BCUT2D eigenvalue weighted by Gasteiger charge is -2.15. The highest BCUT2D eigenvalue weighted by molar-refractivity contribution is 8.00. The van der Waals surface area contributed by atoms with Crippen LogP contribution in [-0.4, -0.2) is 14.8 Å². The van der Waals surface area contributed by atoms with Gasteiger partial charge in [-0.3, -0.25) is 9.36 Å². The number of fused-ring (bicyclic) bond motifs is 1. The van der Waals surface area contributed by atoms with E-state index >= 15 is 0 Å². The van der Waals surface area contributed by atoms with Crippen LogP contribution >= 0.6 is 11.8 Å². The molecule has 1 heterocycles. The van der Waals surface area contributed by atoms with Gasteiger partial charge in [0.15, 0.2) is 5.16 Å². The van der Waals surface area contributed by atoms with Crippen LogP contribution in [0.15, 0.2) is 88.8 Å². The lowest BCUT2D eigenvalue weighted by atomic mass is 10.1. The lowest BCUT2D eigenvalue weighted by Crippen LogP contribution is -2.25. The standard InChI is InChI=1S/C25H21N3OS/c1-18-11-13-19(14-12-18)15-21(16-26)30-25-27-23-10-6-5-9-22(23)24(29)28(25)17-20-7-3-2-4-8-20/h2-14,21H,15,17H2,1H3/t21-/m1/s1. The van der Waals surface area contributed by atoms with Crippen LogP contribution in [0.4, 0.5) is 0 Å². The van der Waals surface area contributed by atoms with Gasteiger partial charge in [0.2, 0.25) is 0 Å². The van der Waals surface area contributed by atoms with Crippen LogP contribution in [0.2, 0.25) is 0 Å². The van der Waals surface area contributed by atoms with E-state index < -0.39 is 0 Å². The summed E-state index contributed by atoms with van der Waals surface area (Å²) in [6.07, 6.45) is 0.593. The molecule has 0 aliphatic carbocycles. The highest BCUT2D eigenvalue weighted by atomic mass is 32.2. The van der Waals surface area contributed by atoms with E-state index in [2.05, 4.69) is 6.07 Å². The van der Waals surface area contributed by atoms with Crippen molar-refractivity contribution < 1.29 is 0 Å². The van der Waals surface area contributed by atoms with Gasteiger partial charge in [-0.25, -0.2) is 4.98 Å². The predicted molar refractivity (Wildman–Crippen MR) is 122 cm³/mol. The van der Waals surface area contributed by atoms with Crippen molar-refractivity contribution in [1.29, 1.82) is 5.26 Å². The van der Waals surface area contributed by atoms with Gasteiger partial charge in [-0.2, -0.15) is 5.26 Å². The first-order valence-electron chi connectivity index (χ1n) is 9.79. The number of thioether (sulfide) groups is 1. The largest absolute Gasteiger partial charge is 0.283 e. The number of para-hydroxylation sites is 1. The minimum Gasteiger partial charge on any atom is -0.283 e. The zero-order valence-electron chi connectivity index (χ0n) is 16.7. The molecule has 0 bridgehead atoms. The Kier molecular flexibility index (Phi) is 5.97. The maximum Gasteiger partial charge on any atom is 0.262 e. The number of benzene rings is 3. The summed E-state index contributed by atoms with van der Waals surface area (Å²) >= 11 is 1.35. The van der Waals surface area contributed by atoms with Crippen molar-refractivity contribution in [2.45, 2.75) is 30.3 Å². The molecule has 0 aliphatic rings. The van der Waals surface area contributed by atoms with E-state index in [1.807, 2.05) is 79.7 Å². The van der Waals surface area contributed by atoms with Gasteiger partial charge in [0.1, 0.15) is 5.25 Å². The SMILES string of the molecule is Cc1ccc(C[C@H](C#N)Sc2nc3ccccc3c(=O)n2Cc2ccccc2)cc1. The van der Waals surface area contributed by atoms with Crippen molar-refractivity contribution in [3.8, 4) is 6.07 Å². The Morgan fingerprint density at radius 3 is 2.40 bits per heavy atom. The fourth-order valence-electron chi connectivity index (χ4n) is 3.32. The van der Waals surface area contributed by atoms with Crippen molar-refractivity contribution in [1.82, 2.24) is 9.55 Å². The first-order chi connectivity index (χ1) is 14.6. The second-order valence-corrected chi connectivity index (χ2v) is 8.38. The van der Waals surface area contributed by atoms with Gasteiger partial charge >= 0.3 is 0 Å². The summed E-state index contributed by atoms with van der Waals surface area (Å²) in [5, 5.41) is 10.6. The smallest absolute Gasteiger partial charge is 0.262 e. The van der Waals surface area contributed by atoms with Crippen molar-refractivity contribution in [3.63, 3.8) is 0 Å². The maximum absolute atomic E-state index is 13.2. The van der Waals surface area contributed by atoms with E-state index in [1.54, 1.807) is 10.6 Å². The van der Waals surface area contributed by atoms with Crippen LogP contribution in [0, 0.1) is 18.3 Å². The summed E-state index contributed by atoms with van der Waals surface area (Å²) in [5.74, 6) is 0. The van der Waals surface area contributed by atoms with Gasteiger partial charge in [-0.1, -0.05) is 84.1 Å². The molecular weight excluding hydrogens is 390 g/mol. The van der Waals surface area contributed by atoms with Crippen molar-refractivity contribution >= 4 is 22.7 Å². The molecule has 0 amide bonds. The number of hydrogen-bond acceptors (Lipinski definition) is 4. The molecule has 3 aromatic carbocycles. The molecule has 0 radical (unpaired) electrons. The first kappa shape index (κ1) is 19.9. The van der Waals surface area contributed by atoms with Crippen LogP contribution < -0.4 is 5.56 Å². The minimum atomic E-state index is -0.345. The first-order valence-corrected chi connectivity index (χ1v) is 10.7. The Morgan fingerprint density at radius 2 is 1.67 bits per heavy atom. The van der Waals surface area contributed by atoms with Crippen LogP contribution in [0.5, 0.6) is 0 Å². The molecule has 148 valence electrons. The number of nitrogens with zero attached hydrogens (tertiary/aromatic N) is 3. The average molecular weight is 412 g/mol. The molecule has 0 spiro atoms. The third-order valence-corrected chi connectivity index (χ3v) is 6.02. The van der Waals surface area contributed by atoms with Crippen LogP contribution in [-0.2, 0) is 13.0 Å². The van der Waals surface area contributed by atoms with Gasteiger partial charge in [-0.05, 0) is 36.6 Å². The Morgan fingerprint density at radius 1 is 0.967 bits per heavy atom. The Bertz CT molecular complexity index is 1260. The molecule has 1 atom stereocenters. The predicted octanol–water partition coefficient (Wildman–Crippen LogP) is 4.98. The van der Waals surface area contributed by atoms with E-state index in [9.17, 15) is 10.1 Å². The highest BCUT2D eigenvalue weighted by Gasteiger charge is 2.18.